The number of benzene rings is 1. The fraction of sp³-hybridized carbons (Fsp3) is 0.444. The van der Waals surface area contributed by atoms with E-state index in [-0.39, 0.29) is 12.5 Å². The Morgan fingerprint density at radius 1 is 1.21 bits per heavy atom. The topological polar surface area (TPSA) is 88.4 Å². The highest BCUT2D eigenvalue weighted by Crippen LogP contribution is 2.35. The number of piperidine rings is 1. The first-order valence-corrected chi connectivity index (χ1v) is 16.0. The van der Waals surface area contributed by atoms with Crippen LogP contribution in [0.1, 0.15) is 49.6 Å². The van der Waals surface area contributed by atoms with Crippen LogP contribution in [0.4, 0.5) is 5.13 Å². The van der Waals surface area contributed by atoms with Crippen molar-refractivity contribution in [2.45, 2.75) is 57.2 Å². The van der Waals surface area contributed by atoms with Gasteiger partial charge in [-0.3, -0.25) is 14.4 Å². The number of para-hydroxylation sites is 1. The molecule has 0 spiro atoms. The molecule has 3 aromatic heterocycles. The van der Waals surface area contributed by atoms with Crippen molar-refractivity contribution >= 4 is 54.0 Å². The third-order valence-electron chi connectivity index (χ3n) is 7.02. The summed E-state index contributed by atoms with van der Waals surface area (Å²) in [5, 5.41) is 6.99. The van der Waals surface area contributed by atoms with E-state index in [1.165, 1.54) is 27.0 Å². The fourth-order valence-corrected chi connectivity index (χ4v) is 8.76. The predicted molar refractivity (Wildman–Crippen MR) is 154 cm³/mol. The predicted octanol–water partition coefficient (Wildman–Crippen LogP) is 5.43. The van der Waals surface area contributed by atoms with Crippen molar-refractivity contribution in [1.29, 1.82) is 0 Å². The number of amides is 1. The molecule has 0 saturated carbocycles. The monoisotopic (exact) mass is 571 g/mol. The van der Waals surface area contributed by atoms with Crippen molar-refractivity contribution in [3.63, 3.8) is 0 Å². The van der Waals surface area contributed by atoms with Crippen LogP contribution in [0.2, 0.25) is 0 Å². The maximum Gasteiger partial charge on any atom is 0.252 e. The van der Waals surface area contributed by atoms with Crippen molar-refractivity contribution in [3.8, 4) is 0 Å². The number of rotatable bonds is 8. The number of sulfonamides is 1. The van der Waals surface area contributed by atoms with Crippen LogP contribution in [0, 0.1) is 19.8 Å². The van der Waals surface area contributed by atoms with Crippen LogP contribution in [-0.2, 0) is 21.4 Å². The Kier molecular flexibility index (Phi) is 7.72. The Morgan fingerprint density at radius 3 is 2.71 bits per heavy atom. The van der Waals surface area contributed by atoms with E-state index < -0.39 is 15.9 Å². The second-order valence-electron chi connectivity index (χ2n) is 10.1. The normalized spacial score (nSPS) is 16.9. The maximum atomic E-state index is 14.1. The largest absolute Gasteiger partial charge is 0.286 e. The Balaban J connectivity index is 1.46. The van der Waals surface area contributed by atoms with E-state index in [1.807, 2.05) is 36.7 Å². The molecule has 1 amide bonds. The van der Waals surface area contributed by atoms with Gasteiger partial charge in [-0.1, -0.05) is 43.4 Å². The minimum absolute atomic E-state index is 0.0808. The molecular weight excluding hydrogens is 539 g/mol. The van der Waals surface area contributed by atoms with Gasteiger partial charge in [-0.25, -0.2) is 13.4 Å². The molecule has 1 fully saturated rings. The summed E-state index contributed by atoms with van der Waals surface area (Å²) in [4.78, 5) is 20.8. The Morgan fingerprint density at radius 2 is 2.03 bits per heavy atom. The summed E-state index contributed by atoms with van der Waals surface area (Å²) in [5.74, 6) is -0.208. The van der Waals surface area contributed by atoms with Crippen molar-refractivity contribution in [1.82, 2.24) is 19.1 Å². The summed E-state index contributed by atoms with van der Waals surface area (Å²) >= 11 is 2.72. The summed E-state index contributed by atoms with van der Waals surface area (Å²) in [5.41, 5.74) is 4.05. The molecule has 0 bridgehead atoms. The summed E-state index contributed by atoms with van der Waals surface area (Å²) in [6, 6.07) is 11.6. The van der Waals surface area contributed by atoms with Crippen molar-refractivity contribution in [3.05, 3.63) is 58.7 Å². The first-order valence-electron chi connectivity index (χ1n) is 12.9. The van der Waals surface area contributed by atoms with E-state index in [0.29, 0.717) is 47.7 Å². The molecule has 1 aliphatic rings. The minimum atomic E-state index is -3.62. The van der Waals surface area contributed by atoms with E-state index in [9.17, 15) is 13.2 Å². The van der Waals surface area contributed by atoms with Crippen molar-refractivity contribution in [2.24, 2.45) is 5.92 Å². The molecule has 38 heavy (non-hydrogen) atoms. The maximum absolute atomic E-state index is 14.1. The number of fused-ring (bicyclic) bond motifs is 1. The second-order valence-corrected chi connectivity index (χ2v) is 14.2. The van der Waals surface area contributed by atoms with Gasteiger partial charge < -0.3 is 0 Å². The standard InChI is InChI=1S/C27H33N5O3S3/c1-18(2)22-9-5-10-23-25(22)28-27(37-23)31(13-14-32-20(4)16-19(3)29-32)26(33)21-8-6-12-30(17-21)38(34,35)24-11-7-15-36-24/h5,7,9-11,15-16,18,21H,6,8,12-14,17H2,1-4H3. The van der Waals surface area contributed by atoms with Crippen LogP contribution >= 0.6 is 22.7 Å². The van der Waals surface area contributed by atoms with Gasteiger partial charge in [0, 0.05) is 25.3 Å². The number of carbonyl (C=O) groups excluding carboxylic acids is 1. The highest BCUT2D eigenvalue weighted by Gasteiger charge is 2.36. The summed E-state index contributed by atoms with van der Waals surface area (Å²) < 4.78 is 31.2. The van der Waals surface area contributed by atoms with Crippen LogP contribution < -0.4 is 4.90 Å². The second kappa shape index (κ2) is 10.9. The van der Waals surface area contributed by atoms with Gasteiger partial charge in [-0.15, -0.1) is 11.3 Å². The van der Waals surface area contributed by atoms with E-state index >= 15 is 0 Å². The number of hydrogen-bond donors (Lipinski definition) is 0. The average Bonchev–Trinajstić information content (AvgIpc) is 3.64. The van der Waals surface area contributed by atoms with Crippen LogP contribution in [0.5, 0.6) is 0 Å². The fourth-order valence-electron chi connectivity index (χ4n) is 5.06. The molecular formula is C27H33N5O3S3. The number of aromatic nitrogens is 3. The molecule has 1 aliphatic heterocycles. The number of thiophene rings is 1. The smallest absolute Gasteiger partial charge is 0.252 e. The molecule has 1 unspecified atom stereocenters. The number of nitrogens with zero attached hydrogens (tertiary/aromatic N) is 5. The molecule has 8 nitrogen and oxygen atoms in total. The lowest BCUT2D eigenvalue weighted by atomic mass is 9.98. The molecule has 0 N–H and O–H groups in total. The SMILES string of the molecule is Cc1cc(C)n(CCN(C(=O)C2CCCN(S(=O)(=O)c3cccs3)C2)c2nc3c(C(C)C)cccc3s2)n1. The Labute approximate surface area is 232 Å². The summed E-state index contributed by atoms with van der Waals surface area (Å²) in [6.45, 7) is 9.79. The lowest BCUT2D eigenvalue weighted by Gasteiger charge is -2.33. The molecule has 1 atom stereocenters. The molecule has 1 aromatic carbocycles. The number of aryl methyl sites for hydroxylation is 2. The highest BCUT2D eigenvalue weighted by atomic mass is 32.2. The first kappa shape index (κ1) is 27.0. The molecule has 5 rings (SSSR count). The first-order chi connectivity index (χ1) is 18.1. The lowest BCUT2D eigenvalue weighted by Crippen LogP contribution is -2.47. The lowest BCUT2D eigenvalue weighted by molar-refractivity contribution is -0.123. The quantitative estimate of drug-likeness (QED) is 0.281. The van der Waals surface area contributed by atoms with E-state index in [2.05, 4.69) is 25.0 Å². The van der Waals surface area contributed by atoms with E-state index in [1.54, 1.807) is 22.4 Å². The van der Waals surface area contributed by atoms with Crippen LogP contribution in [0.3, 0.4) is 0 Å². The zero-order chi connectivity index (χ0) is 27.0. The van der Waals surface area contributed by atoms with Crippen molar-refractivity contribution < 1.29 is 13.2 Å². The summed E-state index contributed by atoms with van der Waals surface area (Å²) in [6.07, 6.45) is 1.29. The third-order valence-corrected chi connectivity index (χ3v) is 11.3. The van der Waals surface area contributed by atoms with E-state index in [0.717, 1.165) is 27.2 Å². The zero-order valence-electron chi connectivity index (χ0n) is 22.1. The molecule has 4 aromatic rings. The van der Waals surface area contributed by atoms with Gasteiger partial charge in [0.1, 0.15) is 4.21 Å². The minimum Gasteiger partial charge on any atom is -0.286 e. The number of thiazole rings is 1. The molecule has 0 radical (unpaired) electrons. The van der Waals surface area contributed by atoms with Gasteiger partial charge in [-0.2, -0.15) is 9.40 Å². The van der Waals surface area contributed by atoms with Gasteiger partial charge in [0.25, 0.3) is 10.0 Å². The summed E-state index contributed by atoms with van der Waals surface area (Å²) in [7, 11) is -3.62. The van der Waals surface area contributed by atoms with Gasteiger partial charge in [0.05, 0.1) is 28.4 Å². The molecule has 0 aliphatic carbocycles. The van der Waals surface area contributed by atoms with Crippen LogP contribution in [0.25, 0.3) is 10.2 Å². The van der Waals surface area contributed by atoms with Gasteiger partial charge in [0.15, 0.2) is 5.13 Å². The van der Waals surface area contributed by atoms with Gasteiger partial charge >= 0.3 is 0 Å². The van der Waals surface area contributed by atoms with Crippen LogP contribution in [0.15, 0.2) is 46.0 Å². The molecule has 11 heteroatoms. The van der Waals surface area contributed by atoms with Crippen LogP contribution in [-0.4, -0.2) is 53.0 Å². The molecule has 1 saturated heterocycles. The number of carbonyl (C=O) groups is 1. The number of hydrogen-bond acceptors (Lipinski definition) is 7. The average molecular weight is 572 g/mol. The van der Waals surface area contributed by atoms with Crippen molar-refractivity contribution in [2.75, 3.05) is 24.5 Å². The van der Waals surface area contributed by atoms with Gasteiger partial charge in [0.2, 0.25) is 5.91 Å². The Bertz CT molecular complexity index is 1540. The third kappa shape index (κ3) is 5.29. The zero-order valence-corrected chi connectivity index (χ0v) is 24.6. The molecule has 202 valence electrons. The highest BCUT2D eigenvalue weighted by molar-refractivity contribution is 7.91. The Hall–Kier alpha value is -2.60. The number of anilines is 1. The molecule has 4 heterocycles. The van der Waals surface area contributed by atoms with E-state index in [4.69, 9.17) is 4.98 Å². The van der Waals surface area contributed by atoms with Gasteiger partial charge in [-0.05, 0) is 61.7 Å².